The first kappa shape index (κ1) is 35.0. The molecule has 0 radical (unpaired) electrons. The van der Waals surface area contributed by atoms with E-state index in [-0.39, 0.29) is 0 Å². The van der Waals surface area contributed by atoms with Crippen molar-refractivity contribution in [1.82, 2.24) is 0 Å². The Balaban J connectivity index is 1.12. The lowest BCUT2D eigenvalue weighted by Gasteiger charge is -2.27. The maximum Gasteiger partial charge on any atom is 0.0540 e. The van der Waals surface area contributed by atoms with Gasteiger partial charge in [0.1, 0.15) is 0 Å². The Labute approximate surface area is 374 Å². The molecule has 0 amide bonds. The lowest BCUT2D eigenvalue weighted by molar-refractivity contribution is 1.30. The zero-order valence-electron chi connectivity index (χ0n) is 35.3. The number of anilines is 3. The van der Waals surface area contributed by atoms with Crippen molar-refractivity contribution in [1.29, 1.82) is 0 Å². The van der Waals surface area contributed by atoms with E-state index in [0.717, 1.165) is 17.1 Å². The van der Waals surface area contributed by atoms with Crippen LogP contribution in [0.2, 0.25) is 0 Å². The molecule has 1 aliphatic carbocycles. The van der Waals surface area contributed by atoms with Gasteiger partial charge in [-0.1, -0.05) is 170 Å². The third-order valence-electron chi connectivity index (χ3n) is 14.6. The molecule has 0 saturated heterocycles. The second kappa shape index (κ2) is 13.0. The van der Waals surface area contributed by atoms with Crippen molar-refractivity contribution < 1.29 is 0 Å². The Morgan fingerprint density at radius 2 is 0.677 bits per heavy atom. The number of para-hydroxylation sites is 2. The fraction of sp³-hybridized carbons (Fsp3) is 0. The van der Waals surface area contributed by atoms with E-state index >= 15 is 0 Å². The lowest BCUT2D eigenvalue weighted by atomic mass is 9.85. The zero-order valence-corrected chi connectivity index (χ0v) is 35.3. The van der Waals surface area contributed by atoms with E-state index in [9.17, 15) is 0 Å². The number of hydrogen-bond acceptors (Lipinski definition) is 1. The molecular weight excluding hydrogens is 783 g/mol. The van der Waals surface area contributed by atoms with E-state index in [1.54, 1.807) is 0 Å². The van der Waals surface area contributed by atoms with Crippen LogP contribution in [0.15, 0.2) is 224 Å². The maximum absolute atomic E-state index is 2.55. The fourth-order valence-electron chi connectivity index (χ4n) is 12.0. The normalized spacial score (nSPS) is 12.3. The third-order valence-corrected chi connectivity index (χ3v) is 14.6. The van der Waals surface area contributed by atoms with Gasteiger partial charge in [0.2, 0.25) is 0 Å². The summed E-state index contributed by atoms with van der Waals surface area (Å²) in [5.41, 5.74) is 8.47. The highest BCUT2D eigenvalue weighted by Crippen LogP contribution is 2.55. The van der Waals surface area contributed by atoms with Crippen LogP contribution >= 0.6 is 0 Å². The van der Waals surface area contributed by atoms with Crippen molar-refractivity contribution in [2.75, 3.05) is 4.90 Å². The van der Waals surface area contributed by atoms with Crippen molar-refractivity contribution >= 4 is 103 Å². The van der Waals surface area contributed by atoms with Crippen LogP contribution in [0, 0.1) is 20.9 Å². The van der Waals surface area contributed by atoms with Gasteiger partial charge in [0, 0.05) is 16.8 Å². The van der Waals surface area contributed by atoms with Gasteiger partial charge in [-0.15, -0.1) is 0 Å². The number of hydrogen-bond donors (Lipinski definition) is 0. The molecule has 1 heteroatoms. The summed E-state index contributed by atoms with van der Waals surface area (Å²) in [6.07, 6.45) is 0. The second-order valence-corrected chi connectivity index (χ2v) is 17.9. The summed E-state index contributed by atoms with van der Waals surface area (Å²) < 4.78 is 0. The van der Waals surface area contributed by atoms with E-state index < -0.39 is 0 Å². The lowest BCUT2D eigenvalue weighted by Crippen LogP contribution is -2.10. The van der Waals surface area contributed by atoms with Gasteiger partial charge in [-0.3, -0.25) is 0 Å². The number of rotatable bonds is 5. The van der Waals surface area contributed by atoms with Gasteiger partial charge in [0.05, 0.1) is 5.69 Å². The van der Waals surface area contributed by atoms with Gasteiger partial charge in [-0.05, 0) is 179 Å². The predicted molar refractivity (Wildman–Crippen MR) is 276 cm³/mol. The predicted octanol–water partition coefficient (Wildman–Crippen LogP) is 17.5. The molecule has 1 nitrogen and oxygen atoms in total. The molecule has 0 unspecified atom stereocenters. The fourth-order valence-corrected chi connectivity index (χ4v) is 12.0. The molecule has 0 saturated carbocycles. The van der Waals surface area contributed by atoms with Crippen molar-refractivity contribution in [3.05, 3.63) is 245 Å². The molecule has 0 atom stereocenters. The Kier molecular flexibility index (Phi) is 7.01. The highest BCUT2D eigenvalue weighted by molar-refractivity contribution is 6.42. The molecule has 0 fully saturated rings. The molecule has 298 valence electrons. The highest BCUT2D eigenvalue weighted by atomic mass is 15.1. The Morgan fingerprint density at radius 3 is 1.20 bits per heavy atom. The molecule has 14 aromatic rings. The SMILES string of the molecule is c1ccc(-c2c3cc4c(cc3c(-c3ccccc3)c3c5ccc(N(c6ccccc6)c6ccccc6)c6cccc(c23)c65)c2ccc3c5c(ccc4c52)=c2cc4ccccc4cc2=3)cc1. The van der Waals surface area contributed by atoms with Gasteiger partial charge in [-0.25, -0.2) is 0 Å². The molecule has 14 aromatic carbocycles. The van der Waals surface area contributed by atoms with Crippen molar-refractivity contribution in [2.45, 2.75) is 0 Å². The van der Waals surface area contributed by atoms with Gasteiger partial charge < -0.3 is 4.90 Å². The summed E-state index contributed by atoms with van der Waals surface area (Å²) in [5.74, 6) is 0. The van der Waals surface area contributed by atoms with Gasteiger partial charge >= 0.3 is 0 Å². The van der Waals surface area contributed by atoms with Gasteiger partial charge in [-0.2, -0.15) is 0 Å². The number of benzene rings is 12. The van der Waals surface area contributed by atoms with E-state index in [1.165, 1.54) is 129 Å². The minimum Gasteiger partial charge on any atom is -0.310 e. The molecule has 0 heterocycles. The molecule has 0 aromatic heterocycles. The molecule has 1 aliphatic rings. The first-order valence-corrected chi connectivity index (χ1v) is 22.7. The quantitative estimate of drug-likeness (QED) is 0.167. The van der Waals surface area contributed by atoms with Crippen molar-refractivity contribution in [3.63, 3.8) is 0 Å². The van der Waals surface area contributed by atoms with Crippen LogP contribution in [0.3, 0.4) is 0 Å². The van der Waals surface area contributed by atoms with Crippen LogP contribution in [0.4, 0.5) is 17.1 Å². The van der Waals surface area contributed by atoms with Crippen LogP contribution < -0.4 is 4.90 Å². The molecule has 0 aliphatic heterocycles. The average molecular weight is 820 g/mol. The maximum atomic E-state index is 2.55. The van der Waals surface area contributed by atoms with E-state index in [2.05, 4.69) is 229 Å². The molecule has 15 rings (SSSR count). The van der Waals surface area contributed by atoms with E-state index in [4.69, 9.17) is 0 Å². The third kappa shape index (κ3) is 4.71. The average Bonchev–Trinajstić information content (AvgIpc) is 3.99. The highest BCUT2D eigenvalue weighted by Gasteiger charge is 2.27. The topological polar surface area (TPSA) is 3.24 Å². The minimum atomic E-state index is 1.13. The van der Waals surface area contributed by atoms with Crippen LogP contribution in [-0.4, -0.2) is 0 Å². The van der Waals surface area contributed by atoms with Crippen molar-refractivity contribution in [3.8, 4) is 22.3 Å². The van der Waals surface area contributed by atoms with Crippen LogP contribution in [0.5, 0.6) is 0 Å². The molecule has 0 N–H and O–H groups in total. The summed E-state index contributed by atoms with van der Waals surface area (Å²) in [7, 11) is 0. The molecule has 65 heavy (non-hydrogen) atoms. The number of nitrogens with zero attached hydrogens (tertiary/aromatic N) is 1. The van der Waals surface area contributed by atoms with E-state index in [0.29, 0.717) is 0 Å². The summed E-state index contributed by atoms with van der Waals surface area (Å²) in [6.45, 7) is 0. The van der Waals surface area contributed by atoms with Crippen molar-refractivity contribution in [2.24, 2.45) is 0 Å². The van der Waals surface area contributed by atoms with Gasteiger partial charge in [0.15, 0.2) is 0 Å². The summed E-state index contributed by atoms with van der Waals surface area (Å²) >= 11 is 0. The number of fused-ring (bicyclic) bond motifs is 9. The van der Waals surface area contributed by atoms with Crippen LogP contribution in [0.1, 0.15) is 0 Å². The first-order valence-electron chi connectivity index (χ1n) is 22.7. The summed E-state index contributed by atoms with van der Waals surface area (Å²) in [5, 5.41) is 26.3. The van der Waals surface area contributed by atoms with E-state index in [1.807, 2.05) is 0 Å². The Morgan fingerprint density at radius 1 is 0.231 bits per heavy atom. The summed E-state index contributed by atoms with van der Waals surface area (Å²) in [6, 6.07) is 83.9. The largest absolute Gasteiger partial charge is 0.310 e. The molecular formula is C64H37N. The Bertz CT molecular complexity index is 4240. The van der Waals surface area contributed by atoms with Gasteiger partial charge in [0.25, 0.3) is 0 Å². The van der Waals surface area contributed by atoms with Crippen LogP contribution in [-0.2, 0) is 0 Å². The zero-order chi connectivity index (χ0) is 42.3. The first-order chi connectivity index (χ1) is 32.3. The smallest absolute Gasteiger partial charge is 0.0540 e. The monoisotopic (exact) mass is 819 g/mol. The Hall–Kier alpha value is -8.52. The molecule has 0 bridgehead atoms. The second-order valence-electron chi connectivity index (χ2n) is 17.9. The minimum absolute atomic E-state index is 1.13. The summed E-state index contributed by atoms with van der Waals surface area (Å²) in [4.78, 5) is 2.41. The standard InChI is InChI=1S/C64H37N/c1-5-16-38(17-6-1)58-55-36-53-46-30-28-44-51-34-40-20-13-14-21-41(40)35-52(51)45-29-31-47(62(46)61(44)45)54(53)37-56(55)59(39-18-7-2-8-19-39)64-50-32-33-57(48-26-15-27-49(60(48)50)63(58)64)65(42-22-9-3-10-23-42)43-24-11-4-12-25-43/h1-37H. The molecule has 0 spiro atoms. The van der Waals surface area contributed by atoms with Crippen LogP contribution in [0.25, 0.3) is 108 Å².